The lowest BCUT2D eigenvalue weighted by Gasteiger charge is -2.36. The number of nitrogens with one attached hydrogen (secondary N) is 1. The van der Waals surface area contributed by atoms with Gasteiger partial charge in [-0.3, -0.25) is 4.99 Å². The van der Waals surface area contributed by atoms with Crippen LogP contribution in [0.2, 0.25) is 0 Å². The summed E-state index contributed by atoms with van der Waals surface area (Å²) >= 11 is 0. The molecular weight excluding hydrogens is 358 g/mol. The second kappa shape index (κ2) is 10.8. The average molecular weight is 392 g/mol. The number of ether oxygens (including phenoxy) is 2. The third-order valence-corrected chi connectivity index (χ3v) is 4.87. The van der Waals surface area contributed by atoms with E-state index in [-0.39, 0.29) is 12.1 Å². The Morgan fingerprint density at radius 1 is 1.25 bits per heavy atom. The average Bonchev–Trinajstić information content (AvgIpc) is 2.71. The fourth-order valence-electron chi connectivity index (χ4n) is 3.28. The highest BCUT2D eigenvalue weighted by Gasteiger charge is 2.24. The third-order valence-electron chi connectivity index (χ3n) is 4.87. The molecule has 1 saturated heterocycles. The van der Waals surface area contributed by atoms with Crippen molar-refractivity contribution in [3.63, 3.8) is 0 Å². The summed E-state index contributed by atoms with van der Waals surface area (Å²) in [6.07, 6.45) is -0.240. The lowest BCUT2D eigenvalue weighted by Crippen LogP contribution is -2.54. The number of amides is 1. The largest absolute Gasteiger partial charge is 0.497 e. The number of guanidine groups is 1. The maximum Gasteiger partial charge on any atom is 0.409 e. The molecule has 0 spiro atoms. The summed E-state index contributed by atoms with van der Waals surface area (Å²) < 4.78 is 10.4. The molecule has 0 aromatic heterocycles. The van der Waals surface area contributed by atoms with Gasteiger partial charge < -0.3 is 29.5 Å². The number of benzene rings is 1. The number of likely N-dealkylation sites (N-methyl/N-ethyl adjacent to an activating group) is 1. The van der Waals surface area contributed by atoms with Crippen LogP contribution in [0.5, 0.6) is 5.75 Å². The Morgan fingerprint density at radius 3 is 2.50 bits per heavy atom. The zero-order chi connectivity index (χ0) is 20.5. The second-order valence-electron chi connectivity index (χ2n) is 6.86. The fourth-order valence-corrected chi connectivity index (χ4v) is 3.28. The summed E-state index contributed by atoms with van der Waals surface area (Å²) in [5, 5.41) is 3.48. The summed E-state index contributed by atoms with van der Waals surface area (Å²) in [4.78, 5) is 22.4. The SMILES string of the molecule is CCOC(=O)N1CCN(C(=NC)NCC(c2cccc(OC)c2)N(C)C)CC1. The van der Waals surface area contributed by atoms with Crippen molar-refractivity contribution >= 4 is 12.1 Å². The number of hydrogen-bond acceptors (Lipinski definition) is 5. The van der Waals surface area contributed by atoms with Crippen LogP contribution in [-0.4, -0.2) is 94.3 Å². The zero-order valence-electron chi connectivity index (χ0n) is 17.6. The van der Waals surface area contributed by atoms with E-state index >= 15 is 0 Å². The van der Waals surface area contributed by atoms with E-state index < -0.39 is 0 Å². The molecule has 28 heavy (non-hydrogen) atoms. The molecule has 0 bridgehead atoms. The van der Waals surface area contributed by atoms with Crippen LogP contribution < -0.4 is 10.1 Å². The maximum atomic E-state index is 11.9. The molecule has 156 valence electrons. The van der Waals surface area contributed by atoms with Crippen molar-refractivity contribution in [2.75, 3.05) is 67.6 Å². The first kappa shape index (κ1) is 21.8. The van der Waals surface area contributed by atoms with E-state index in [0.717, 1.165) is 24.8 Å². The van der Waals surface area contributed by atoms with Gasteiger partial charge in [0.1, 0.15) is 5.75 Å². The van der Waals surface area contributed by atoms with E-state index in [0.29, 0.717) is 26.2 Å². The summed E-state index contributed by atoms with van der Waals surface area (Å²) in [5.74, 6) is 1.70. The van der Waals surface area contributed by atoms with E-state index in [4.69, 9.17) is 9.47 Å². The minimum Gasteiger partial charge on any atom is -0.497 e. The molecule has 0 aliphatic carbocycles. The van der Waals surface area contributed by atoms with E-state index in [1.54, 1.807) is 19.1 Å². The highest BCUT2D eigenvalue weighted by molar-refractivity contribution is 5.80. The van der Waals surface area contributed by atoms with Gasteiger partial charge in [-0.2, -0.15) is 0 Å². The van der Waals surface area contributed by atoms with Gasteiger partial charge in [0.25, 0.3) is 0 Å². The van der Waals surface area contributed by atoms with Crippen molar-refractivity contribution in [3.8, 4) is 5.75 Å². The Bertz CT molecular complexity index is 657. The first-order valence-corrected chi connectivity index (χ1v) is 9.67. The number of carbonyl (C=O) groups is 1. The molecular formula is C20H33N5O3. The fraction of sp³-hybridized carbons (Fsp3) is 0.600. The number of rotatable bonds is 6. The number of piperazine rings is 1. The lowest BCUT2D eigenvalue weighted by molar-refractivity contribution is 0.0914. The number of aliphatic imine (C=N–C) groups is 1. The predicted molar refractivity (Wildman–Crippen MR) is 111 cm³/mol. The molecule has 0 radical (unpaired) electrons. The maximum absolute atomic E-state index is 11.9. The van der Waals surface area contributed by atoms with Gasteiger partial charge in [0.15, 0.2) is 5.96 Å². The van der Waals surface area contributed by atoms with Crippen LogP contribution in [0.25, 0.3) is 0 Å². The Labute approximate surface area is 168 Å². The minimum absolute atomic E-state index is 0.174. The third kappa shape index (κ3) is 5.76. The van der Waals surface area contributed by atoms with E-state index in [9.17, 15) is 4.79 Å². The van der Waals surface area contributed by atoms with Crippen LogP contribution in [0.1, 0.15) is 18.5 Å². The molecule has 1 atom stereocenters. The quantitative estimate of drug-likeness (QED) is 0.587. The van der Waals surface area contributed by atoms with Gasteiger partial charge >= 0.3 is 6.09 Å². The lowest BCUT2D eigenvalue weighted by atomic mass is 10.1. The Hall–Kier alpha value is -2.48. The summed E-state index contributed by atoms with van der Waals surface area (Å²) in [6, 6.07) is 8.30. The summed E-state index contributed by atoms with van der Waals surface area (Å²) in [5.41, 5.74) is 1.18. The Morgan fingerprint density at radius 2 is 1.93 bits per heavy atom. The van der Waals surface area contributed by atoms with E-state index in [1.807, 2.05) is 19.1 Å². The molecule has 1 fully saturated rings. The van der Waals surface area contributed by atoms with Crippen LogP contribution in [0.15, 0.2) is 29.3 Å². The monoisotopic (exact) mass is 391 g/mol. The van der Waals surface area contributed by atoms with Crippen molar-refractivity contribution in [1.82, 2.24) is 20.0 Å². The Balaban J connectivity index is 1.95. The normalized spacial score (nSPS) is 16.1. The van der Waals surface area contributed by atoms with Crippen LogP contribution >= 0.6 is 0 Å². The van der Waals surface area contributed by atoms with Crippen molar-refractivity contribution in [3.05, 3.63) is 29.8 Å². The van der Waals surface area contributed by atoms with Gasteiger partial charge in [0.05, 0.1) is 19.8 Å². The molecule has 8 heteroatoms. The topological polar surface area (TPSA) is 69.6 Å². The van der Waals surface area contributed by atoms with Crippen LogP contribution in [0.3, 0.4) is 0 Å². The molecule has 1 amide bonds. The molecule has 1 aromatic carbocycles. The molecule has 8 nitrogen and oxygen atoms in total. The van der Waals surface area contributed by atoms with Crippen molar-refractivity contribution < 1.29 is 14.3 Å². The molecule has 1 N–H and O–H groups in total. The van der Waals surface area contributed by atoms with Gasteiger partial charge in [0.2, 0.25) is 0 Å². The van der Waals surface area contributed by atoms with Crippen molar-refractivity contribution in [1.29, 1.82) is 0 Å². The van der Waals surface area contributed by atoms with Crippen LogP contribution in [0, 0.1) is 0 Å². The molecule has 1 heterocycles. The molecule has 0 saturated carbocycles. The molecule has 1 aromatic rings. The number of hydrogen-bond donors (Lipinski definition) is 1. The van der Waals surface area contributed by atoms with Gasteiger partial charge in [-0.15, -0.1) is 0 Å². The standard InChI is InChI=1S/C20H33N5O3/c1-6-28-20(26)25-12-10-24(11-13-25)19(21-2)22-15-18(23(3)4)16-8-7-9-17(14-16)27-5/h7-9,14,18H,6,10-13,15H2,1-5H3,(H,21,22). The van der Waals surface area contributed by atoms with Crippen molar-refractivity contribution in [2.24, 2.45) is 4.99 Å². The number of methoxy groups -OCH3 is 1. The minimum atomic E-state index is -0.240. The van der Waals surface area contributed by atoms with Gasteiger partial charge in [-0.25, -0.2) is 4.79 Å². The second-order valence-corrected chi connectivity index (χ2v) is 6.86. The van der Waals surface area contributed by atoms with Gasteiger partial charge in [-0.1, -0.05) is 12.1 Å². The first-order chi connectivity index (χ1) is 13.5. The van der Waals surface area contributed by atoms with Gasteiger partial charge in [0, 0.05) is 39.8 Å². The smallest absolute Gasteiger partial charge is 0.409 e. The van der Waals surface area contributed by atoms with Crippen LogP contribution in [0.4, 0.5) is 4.79 Å². The highest BCUT2D eigenvalue weighted by Crippen LogP contribution is 2.22. The van der Waals surface area contributed by atoms with E-state index in [1.165, 1.54) is 5.56 Å². The molecule has 1 unspecified atom stereocenters. The molecule has 2 rings (SSSR count). The predicted octanol–water partition coefficient (Wildman–Crippen LogP) is 1.65. The van der Waals surface area contributed by atoms with Gasteiger partial charge in [-0.05, 0) is 38.7 Å². The van der Waals surface area contributed by atoms with Crippen molar-refractivity contribution in [2.45, 2.75) is 13.0 Å². The van der Waals surface area contributed by atoms with E-state index in [2.05, 4.69) is 46.3 Å². The zero-order valence-corrected chi connectivity index (χ0v) is 17.6. The summed E-state index contributed by atoms with van der Waals surface area (Å²) in [7, 11) is 7.59. The number of carbonyl (C=O) groups excluding carboxylic acids is 1. The first-order valence-electron chi connectivity index (χ1n) is 9.67. The molecule has 1 aliphatic heterocycles. The highest BCUT2D eigenvalue weighted by atomic mass is 16.6. The van der Waals surface area contributed by atoms with Crippen LogP contribution in [-0.2, 0) is 4.74 Å². The Kier molecular flexibility index (Phi) is 8.38. The summed E-state index contributed by atoms with van der Waals surface area (Å²) in [6.45, 7) is 5.65. The number of nitrogens with zero attached hydrogens (tertiary/aromatic N) is 4. The molecule has 1 aliphatic rings.